The molecule has 1 atom stereocenters. The Morgan fingerprint density at radius 3 is 2.88 bits per heavy atom. The van der Waals surface area contributed by atoms with Crippen LogP contribution in [0, 0.1) is 0 Å². The van der Waals surface area contributed by atoms with Crippen LogP contribution in [0.5, 0.6) is 0 Å². The molecule has 17 heavy (non-hydrogen) atoms. The molecule has 0 aliphatic rings. The van der Waals surface area contributed by atoms with E-state index >= 15 is 0 Å². The topological polar surface area (TPSA) is 79.3 Å². The molecule has 96 valence electrons. The molecule has 1 aromatic heterocycles. The molecule has 0 radical (unpaired) electrons. The Bertz CT molecular complexity index is 495. The van der Waals surface area contributed by atoms with Crippen molar-refractivity contribution < 1.29 is 13.5 Å². The molecule has 0 spiro atoms. The van der Waals surface area contributed by atoms with E-state index in [0.29, 0.717) is 10.9 Å². The number of aliphatic hydroxyl groups is 1. The molecule has 1 heterocycles. The second-order valence-corrected chi connectivity index (χ2v) is 6.43. The Morgan fingerprint density at radius 1 is 1.65 bits per heavy atom. The molecule has 0 aliphatic carbocycles. The summed E-state index contributed by atoms with van der Waals surface area (Å²) >= 11 is 8.87. The van der Waals surface area contributed by atoms with Crippen molar-refractivity contribution in [1.29, 1.82) is 0 Å². The van der Waals surface area contributed by atoms with E-state index in [1.54, 1.807) is 6.92 Å². The smallest absolute Gasteiger partial charge is 0.243 e. The van der Waals surface area contributed by atoms with E-state index in [2.05, 4.69) is 25.6 Å². The van der Waals surface area contributed by atoms with E-state index in [9.17, 15) is 8.42 Å². The number of nitrogens with one attached hydrogen (secondary N) is 1. The predicted octanol–water partition coefficient (Wildman–Crippen LogP) is 1.55. The molecule has 5 nitrogen and oxygen atoms in total. The first-order valence-electron chi connectivity index (χ1n) is 4.81. The maximum absolute atomic E-state index is 12.0. The number of aromatic nitrogens is 1. The molecule has 2 N–H and O–H groups in total. The average molecular weight is 344 g/mol. The first kappa shape index (κ1) is 14.8. The van der Waals surface area contributed by atoms with Gasteiger partial charge < -0.3 is 5.11 Å². The number of aliphatic hydroxyl groups excluding tert-OH is 1. The van der Waals surface area contributed by atoms with Crippen LogP contribution in [0.4, 0.5) is 0 Å². The Labute approximate surface area is 113 Å². The van der Waals surface area contributed by atoms with Crippen LogP contribution in [0.3, 0.4) is 0 Å². The third-order valence-electron chi connectivity index (χ3n) is 1.98. The van der Waals surface area contributed by atoms with Gasteiger partial charge in [-0.3, -0.25) is 0 Å². The zero-order chi connectivity index (χ0) is 13.1. The van der Waals surface area contributed by atoms with Crippen molar-refractivity contribution in [3.63, 3.8) is 0 Å². The van der Waals surface area contributed by atoms with Crippen LogP contribution in [0.1, 0.15) is 13.3 Å². The van der Waals surface area contributed by atoms with Gasteiger partial charge in [0, 0.05) is 23.3 Å². The first-order chi connectivity index (χ1) is 7.86. The number of hydrogen-bond donors (Lipinski definition) is 2. The van der Waals surface area contributed by atoms with E-state index in [1.165, 1.54) is 12.3 Å². The Hall–Kier alpha value is -0.210. The Kier molecular flexibility index (Phi) is 5.33. The summed E-state index contributed by atoms with van der Waals surface area (Å²) in [6.45, 7) is 1.57. The third kappa shape index (κ3) is 4.18. The molecular weight excluding hydrogens is 332 g/mol. The lowest BCUT2D eigenvalue weighted by molar-refractivity contribution is 0.275. The largest absolute Gasteiger partial charge is 0.396 e. The van der Waals surface area contributed by atoms with Crippen LogP contribution in [0.15, 0.2) is 21.6 Å². The third-order valence-corrected chi connectivity index (χ3v) is 4.43. The van der Waals surface area contributed by atoms with Gasteiger partial charge >= 0.3 is 0 Å². The number of nitrogens with zero attached hydrogens (tertiary/aromatic N) is 1. The van der Waals surface area contributed by atoms with Crippen molar-refractivity contribution in [2.45, 2.75) is 24.3 Å². The summed E-state index contributed by atoms with van der Waals surface area (Å²) in [7, 11) is -3.72. The molecule has 0 saturated heterocycles. The van der Waals surface area contributed by atoms with Crippen molar-refractivity contribution in [1.82, 2.24) is 9.71 Å². The minimum Gasteiger partial charge on any atom is -0.396 e. The maximum atomic E-state index is 12.0. The molecule has 1 rings (SSSR count). The average Bonchev–Trinajstić information content (AvgIpc) is 2.21. The highest BCUT2D eigenvalue weighted by Crippen LogP contribution is 2.22. The fraction of sp³-hybridized carbons (Fsp3) is 0.444. The normalized spacial score (nSPS) is 13.6. The highest BCUT2D eigenvalue weighted by Gasteiger charge is 2.21. The molecule has 0 aromatic carbocycles. The zero-order valence-corrected chi connectivity index (χ0v) is 12.2. The number of hydrogen-bond acceptors (Lipinski definition) is 4. The lowest BCUT2D eigenvalue weighted by Gasteiger charge is -2.13. The van der Waals surface area contributed by atoms with Crippen LogP contribution in [-0.4, -0.2) is 31.2 Å². The van der Waals surface area contributed by atoms with Gasteiger partial charge in [-0.05, 0) is 35.3 Å². The fourth-order valence-electron chi connectivity index (χ4n) is 1.17. The quantitative estimate of drug-likeness (QED) is 0.795. The van der Waals surface area contributed by atoms with Gasteiger partial charge in [0.05, 0.1) is 0 Å². The van der Waals surface area contributed by atoms with Gasteiger partial charge in [-0.2, -0.15) is 0 Å². The van der Waals surface area contributed by atoms with Gasteiger partial charge in [0.2, 0.25) is 10.0 Å². The highest BCUT2D eigenvalue weighted by molar-refractivity contribution is 9.10. The summed E-state index contributed by atoms with van der Waals surface area (Å²) in [6, 6.07) is 1.00. The van der Waals surface area contributed by atoms with Crippen molar-refractivity contribution >= 4 is 37.6 Å². The lowest BCUT2D eigenvalue weighted by atomic mass is 10.3. The van der Waals surface area contributed by atoms with Crippen LogP contribution in [-0.2, 0) is 10.0 Å². The van der Waals surface area contributed by atoms with Gasteiger partial charge in [0.25, 0.3) is 0 Å². The number of pyridine rings is 1. The molecule has 0 aliphatic heterocycles. The minimum absolute atomic E-state index is 0.0849. The van der Waals surface area contributed by atoms with Crippen molar-refractivity contribution in [3.05, 3.63) is 21.9 Å². The SMILES string of the molecule is CC(CCO)NS(=O)(=O)c1cc(Br)cnc1Cl. The molecule has 0 amide bonds. The lowest BCUT2D eigenvalue weighted by Crippen LogP contribution is -2.33. The van der Waals surface area contributed by atoms with Crippen LogP contribution in [0.2, 0.25) is 5.15 Å². The zero-order valence-electron chi connectivity index (χ0n) is 9.02. The Morgan fingerprint density at radius 2 is 2.29 bits per heavy atom. The number of sulfonamides is 1. The maximum Gasteiger partial charge on any atom is 0.243 e. The summed E-state index contributed by atoms with van der Waals surface area (Å²) in [6.07, 6.45) is 1.75. The van der Waals surface area contributed by atoms with E-state index in [-0.39, 0.29) is 22.7 Å². The monoisotopic (exact) mass is 342 g/mol. The minimum atomic E-state index is -3.72. The summed E-state index contributed by atoms with van der Waals surface area (Å²) in [5, 5.41) is 8.64. The van der Waals surface area contributed by atoms with Crippen LogP contribution >= 0.6 is 27.5 Å². The Balaban J connectivity index is 3.01. The summed E-state index contributed by atoms with van der Waals surface area (Å²) in [4.78, 5) is 3.66. The van der Waals surface area contributed by atoms with Gasteiger partial charge in [0.1, 0.15) is 10.0 Å². The van der Waals surface area contributed by atoms with Gasteiger partial charge in [0.15, 0.2) is 0 Å². The molecule has 1 unspecified atom stereocenters. The van der Waals surface area contributed by atoms with Gasteiger partial charge in [-0.25, -0.2) is 18.1 Å². The van der Waals surface area contributed by atoms with E-state index in [1.807, 2.05) is 0 Å². The first-order valence-corrected chi connectivity index (χ1v) is 7.46. The van der Waals surface area contributed by atoms with E-state index < -0.39 is 10.0 Å². The predicted molar refractivity (Wildman–Crippen MR) is 68.4 cm³/mol. The van der Waals surface area contributed by atoms with E-state index in [0.717, 1.165) is 0 Å². The summed E-state index contributed by atoms with van der Waals surface area (Å²) in [5.74, 6) is 0. The number of halogens is 2. The summed E-state index contributed by atoms with van der Waals surface area (Å²) < 4.78 is 26.8. The van der Waals surface area contributed by atoms with Crippen LogP contribution in [0.25, 0.3) is 0 Å². The fourth-order valence-corrected chi connectivity index (χ4v) is 3.40. The summed E-state index contributed by atoms with van der Waals surface area (Å²) in [5.41, 5.74) is 0. The van der Waals surface area contributed by atoms with E-state index in [4.69, 9.17) is 16.7 Å². The van der Waals surface area contributed by atoms with Crippen LogP contribution < -0.4 is 4.72 Å². The highest BCUT2D eigenvalue weighted by atomic mass is 79.9. The van der Waals surface area contributed by atoms with Gasteiger partial charge in [-0.15, -0.1) is 0 Å². The molecule has 0 saturated carbocycles. The van der Waals surface area contributed by atoms with Crippen molar-refractivity contribution in [2.75, 3.05) is 6.61 Å². The molecule has 0 fully saturated rings. The second-order valence-electron chi connectivity index (χ2n) is 3.48. The molecular formula is C9H12BrClN2O3S. The molecule has 8 heteroatoms. The second kappa shape index (κ2) is 6.10. The standard InChI is InChI=1S/C9H12BrClN2O3S/c1-6(2-3-14)13-17(15,16)8-4-7(10)5-12-9(8)11/h4-6,13-14H,2-3H2,1H3. The van der Waals surface area contributed by atoms with Crippen molar-refractivity contribution in [3.8, 4) is 0 Å². The van der Waals surface area contributed by atoms with Gasteiger partial charge in [-0.1, -0.05) is 11.6 Å². The van der Waals surface area contributed by atoms with Crippen molar-refractivity contribution in [2.24, 2.45) is 0 Å². The molecule has 1 aromatic rings. The number of rotatable bonds is 5. The molecule has 0 bridgehead atoms.